The number of nitrogens with zero attached hydrogens (tertiary/aromatic N) is 1. The van der Waals surface area contributed by atoms with Gasteiger partial charge in [0.2, 0.25) is 15.9 Å². The average molecular weight is 302 g/mol. The molecule has 1 rings (SSSR count). The van der Waals surface area contributed by atoms with Crippen molar-refractivity contribution < 1.29 is 17.6 Å². The number of halogens is 1. The SMILES string of the molecule is CC(C)NC(=O)CN(Cc1ccc(F)cc1)S(C)(=O)=O. The maximum Gasteiger partial charge on any atom is 0.235 e. The fourth-order valence-corrected chi connectivity index (χ4v) is 2.35. The first-order valence-electron chi connectivity index (χ1n) is 6.17. The summed E-state index contributed by atoms with van der Waals surface area (Å²) in [6, 6.07) is 5.44. The van der Waals surface area contributed by atoms with Gasteiger partial charge in [0.25, 0.3) is 0 Å². The molecule has 1 aromatic carbocycles. The van der Waals surface area contributed by atoms with Gasteiger partial charge in [0, 0.05) is 12.6 Å². The average Bonchev–Trinajstić information content (AvgIpc) is 2.28. The third-order valence-electron chi connectivity index (χ3n) is 2.51. The number of carbonyl (C=O) groups is 1. The Balaban J connectivity index is 2.80. The first-order chi connectivity index (χ1) is 9.18. The number of amides is 1. The molecule has 0 aliphatic heterocycles. The van der Waals surface area contributed by atoms with E-state index in [9.17, 15) is 17.6 Å². The van der Waals surface area contributed by atoms with E-state index in [0.29, 0.717) is 5.56 Å². The van der Waals surface area contributed by atoms with Crippen LogP contribution in [0.25, 0.3) is 0 Å². The standard InChI is InChI=1S/C13H19FN2O3S/c1-10(2)15-13(17)9-16(20(3,18)19)8-11-4-6-12(14)7-5-11/h4-7,10H,8-9H2,1-3H3,(H,15,17). The van der Waals surface area contributed by atoms with Gasteiger partial charge in [-0.05, 0) is 31.5 Å². The topological polar surface area (TPSA) is 66.5 Å². The number of hydrogen-bond donors (Lipinski definition) is 1. The highest BCUT2D eigenvalue weighted by Gasteiger charge is 2.20. The van der Waals surface area contributed by atoms with Gasteiger partial charge in [-0.25, -0.2) is 12.8 Å². The highest BCUT2D eigenvalue weighted by atomic mass is 32.2. The Hall–Kier alpha value is -1.47. The molecule has 0 radical (unpaired) electrons. The van der Waals surface area contributed by atoms with E-state index in [4.69, 9.17) is 0 Å². The number of sulfonamides is 1. The number of hydrogen-bond acceptors (Lipinski definition) is 3. The van der Waals surface area contributed by atoms with Gasteiger partial charge < -0.3 is 5.32 Å². The van der Waals surface area contributed by atoms with Gasteiger partial charge in [0.05, 0.1) is 12.8 Å². The number of nitrogens with one attached hydrogen (secondary N) is 1. The molecule has 1 amide bonds. The molecule has 112 valence electrons. The van der Waals surface area contributed by atoms with Gasteiger partial charge in [-0.3, -0.25) is 4.79 Å². The van der Waals surface area contributed by atoms with Crippen LogP contribution in [0.5, 0.6) is 0 Å². The van der Waals surface area contributed by atoms with Crippen molar-refractivity contribution in [3.05, 3.63) is 35.6 Å². The van der Waals surface area contributed by atoms with Gasteiger partial charge in [-0.15, -0.1) is 0 Å². The molecule has 5 nitrogen and oxygen atoms in total. The third kappa shape index (κ3) is 5.66. The third-order valence-corrected chi connectivity index (χ3v) is 3.71. The molecule has 0 spiro atoms. The highest BCUT2D eigenvalue weighted by Crippen LogP contribution is 2.09. The molecule has 0 aromatic heterocycles. The molecule has 0 saturated carbocycles. The second-order valence-electron chi connectivity index (χ2n) is 4.88. The normalized spacial score (nSPS) is 11.9. The maximum atomic E-state index is 12.8. The molecule has 0 heterocycles. The minimum absolute atomic E-state index is 0.0324. The fourth-order valence-electron chi connectivity index (χ4n) is 1.61. The Bertz CT molecular complexity index is 555. The molecule has 0 bridgehead atoms. The molecule has 1 aromatic rings. The van der Waals surface area contributed by atoms with Crippen LogP contribution in [-0.4, -0.2) is 37.5 Å². The first kappa shape index (κ1) is 16.6. The lowest BCUT2D eigenvalue weighted by molar-refractivity contribution is -0.121. The summed E-state index contributed by atoms with van der Waals surface area (Å²) in [6.45, 7) is 3.37. The van der Waals surface area contributed by atoms with Crippen molar-refractivity contribution >= 4 is 15.9 Å². The van der Waals surface area contributed by atoms with Gasteiger partial charge in [0.1, 0.15) is 5.82 Å². The van der Waals surface area contributed by atoms with Crippen LogP contribution >= 0.6 is 0 Å². The fraction of sp³-hybridized carbons (Fsp3) is 0.462. The Morgan fingerprint density at radius 1 is 1.30 bits per heavy atom. The molecule has 0 saturated heterocycles. The Morgan fingerprint density at radius 2 is 1.85 bits per heavy atom. The van der Waals surface area contributed by atoms with Crippen LogP contribution in [0.2, 0.25) is 0 Å². The van der Waals surface area contributed by atoms with Crippen molar-refractivity contribution in [3.8, 4) is 0 Å². The predicted octanol–water partition coefficient (Wildman–Crippen LogP) is 1.11. The van der Waals surface area contributed by atoms with E-state index in [1.54, 1.807) is 13.8 Å². The molecular formula is C13H19FN2O3S. The van der Waals surface area contributed by atoms with Crippen LogP contribution in [0.1, 0.15) is 19.4 Å². The number of rotatable bonds is 6. The second-order valence-corrected chi connectivity index (χ2v) is 6.86. The minimum atomic E-state index is -3.53. The van der Waals surface area contributed by atoms with Crippen LogP contribution < -0.4 is 5.32 Å². The number of carbonyl (C=O) groups excluding carboxylic acids is 1. The van der Waals surface area contributed by atoms with E-state index in [-0.39, 0.29) is 25.0 Å². The lowest BCUT2D eigenvalue weighted by Gasteiger charge is -2.20. The molecule has 0 fully saturated rings. The molecule has 0 unspecified atom stereocenters. The van der Waals surface area contributed by atoms with Gasteiger partial charge >= 0.3 is 0 Å². The molecule has 7 heteroatoms. The summed E-state index contributed by atoms with van der Waals surface area (Å²) in [5, 5.41) is 2.64. The highest BCUT2D eigenvalue weighted by molar-refractivity contribution is 7.88. The van der Waals surface area contributed by atoms with Crippen molar-refractivity contribution in [2.75, 3.05) is 12.8 Å². The summed E-state index contributed by atoms with van der Waals surface area (Å²) < 4.78 is 37.3. The van der Waals surface area contributed by atoms with Crippen LogP contribution in [0, 0.1) is 5.82 Å². The van der Waals surface area contributed by atoms with E-state index in [1.165, 1.54) is 24.3 Å². The second kappa shape index (κ2) is 6.81. The van der Waals surface area contributed by atoms with Crippen LogP contribution in [0.15, 0.2) is 24.3 Å². The van der Waals surface area contributed by atoms with Crippen molar-refractivity contribution in [2.45, 2.75) is 26.4 Å². The Labute approximate surface area is 118 Å². The zero-order valence-corrected chi connectivity index (χ0v) is 12.6. The Morgan fingerprint density at radius 3 is 2.30 bits per heavy atom. The zero-order valence-electron chi connectivity index (χ0n) is 11.8. The van der Waals surface area contributed by atoms with Crippen molar-refractivity contribution in [1.82, 2.24) is 9.62 Å². The van der Waals surface area contributed by atoms with Gasteiger partial charge in [0.15, 0.2) is 0 Å². The van der Waals surface area contributed by atoms with Gasteiger partial charge in [-0.1, -0.05) is 12.1 Å². The van der Waals surface area contributed by atoms with Crippen LogP contribution in [0.3, 0.4) is 0 Å². The van der Waals surface area contributed by atoms with E-state index in [0.717, 1.165) is 10.6 Å². The summed E-state index contributed by atoms with van der Waals surface area (Å²) in [5.41, 5.74) is 0.620. The minimum Gasteiger partial charge on any atom is -0.353 e. The largest absolute Gasteiger partial charge is 0.353 e. The first-order valence-corrected chi connectivity index (χ1v) is 8.02. The summed E-state index contributed by atoms with van der Waals surface area (Å²) in [5.74, 6) is -0.759. The zero-order chi connectivity index (χ0) is 15.3. The molecule has 0 atom stereocenters. The van der Waals surface area contributed by atoms with E-state index in [2.05, 4.69) is 5.32 Å². The molecule has 0 aliphatic carbocycles. The van der Waals surface area contributed by atoms with Crippen molar-refractivity contribution in [2.24, 2.45) is 0 Å². The molecule has 20 heavy (non-hydrogen) atoms. The van der Waals surface area contributed by atoms with Crippen molar-refractivity contribution in [3.63, 3.8) is 0 Å². The van der Waals surface area contributed by atoms with E-state index < -0.39 is 15.8 Å². The summed E-state index contributed by atoms with van der Waals surface area (Å²) >= 11 is 0. The lowest BCUT2D eigenvalue weighted by Crippen LogP contribution is -2.42. The molecule has 0 aliphatic rings. The van der Waals surface area contributed by atoms with Crippen molar-refractivity contribution in [1.29, 1.82) is 0 Å². The summed E-state index contributed by atoms with van der Waals surface area (Å²) in [6.07, 6.45) is 1.04. The maximum absolute atomic E-state index is 12.8. The summed E-state index contributed by atoms with van der Waals surface area (Å²) in [4.78, 5) is 11.7. The van der Waals surface area contributed by atoms with Crippen LogP contribution in [-0.2, 0) is 21.4 Å². The van der Waals surface area contributed by atoms with Crippen LogP contribution in [0.4, 0.5) is 4.39 Å². The summed E-state index contributed by atoms with van der Waals surface area (Å²) in [7, 11) is -3.53. The monoisotopic (exact) mass is 302 g/mol. The van der Waals surface area contributed by atoms with E-state index >= 15 is 0 Å². The lowest BCUT2D eigenvalue weighted by atomic mass is 10.2. The smallest absolute Gasteiger partial charge is 0.235 e. The van der Waals surface area contributed by atoms with Gasteiger partial charge in [-0.2, -0.15) is 4.31 Å². The quantitative estimate of drug-likeness (QED) is 0.856. The van der Waals surface area contributed by atoms with E-state index in [1.807, 2.05) is 0 Å². The molecular weight excluding hydrogens is 283 g/mol. The molecule has 1 N–H and O–H groups in total. The predicted molar refractivity (Wildman–Crippen MR) is 74.9 cm³/mol. The number of benzene rings is 1. The Kier molecular flexibility index (Phi) is 5.64.